The van der Waals surface area contributed by atoms with Crippen molar-refractivity contribution in [1.82, 2.24) is 0 Å². The number of carbonyl (C=O) groups is 1. The minimum absolute atomic E-state index is 0.0816. The van der Waals surface area contributed by atoms with Gasteiger partial charge in [0.15, 0.2) is 5.78 Å². The first-order valence-corrected chi connectivity index (χ1v) is 6.61. The maximum absolute atomic E-state index is 12.3. The van der Waals surface area contributed by atoms with Crippen molar-refractivity contribution in [2.75, 3.05) is 7.11 Å². The predicted octanol–water partition coefficient (Wildman–Crippen LogP) is 3.74. The summed E-state index contributed by atoms with van der Waals surface area (Å²) in [5, 5.41) is 0. The van der Waals surface area contributed by atoms with Crippen LogP contribution < -0.4 is 0 Å². The molecule has 1 rings (SSSR count). The molecule has 0 aliphatic heterocycles. The highest BCUT2D eigenvalue weighted by atomic mass is 16.5. The van der Waals surface area contributed by atoms with Gasteiger partial charge in [0.1, 0.15) is 6.10 Å². The smallest absolute Gasteiger partial charge is 0.191 e. The number of hydrogen-bond donors (Lipinski definition) is 0. The van der Waals surface area contributed by atoms with E-state index in [1.54, 1.807) is 7.11 Å². The molecule has 0 amide bonds. The normalized spacial score (nSPS) is 13.1. The van der Waals surface area contributed by atoms with Gasteiger partial charge < -0.3 is 4.74 Å². The molecule has 0 saturated carbocycles. The Balaban J connectivity index is 2.92. The molecule has 1 unspecified atom stereocenters. The van der Waals surface area contributed by atoms with Gasteiger partial charge in [0, 0.05) is 12.7 Å². The van der Waals surface area contributed by atoms with E-state index in [9.17, 15) is 4.79 Å². The Morgan fingerprint density at radius 1 is 1.22 bits per heavy atom. The van der Waals surface area contributed by atoms with Crippen molar-refractivity contribution in [3.8, 4) is 0 Å². The number of hydrogen-bond acceptors (Lipinski definition) is 2. The number of benzene rings is 1. The minimum Gasteiger partial charge on any atom is -0.373 e. The van der Waals surface area contributed by atoms with Crippen LogP contribution in [0, 0.1) is 11.8 Å². The van der Waals surface area contributed by atoms with Gasteiger partial charge in [-0.3, -0.25) is 4.79 Å². The zero-order valence-corrected chi connectivity index (χ0v) is 12.1. The van der Waals surface area contributed by atoms with Crippen LogP contribution in [0.25, 0.3) is 0 Å². The molecule has 0 heterocycles. The number of rotatable bonds is 6. The van der Waals surface area contributed by atoms with Crippen LogP contribution in [0.15, 0.2) is 24.3 Å². The number of methoxy groups -OCH3 is 1. The molecule has 0 N–H and O–H groups in total. The van der Waals surface area contributed by atoms with Crippen molar-refractivity contribution in [2.24, 2.45) is 11.8 Å². The first-order valence-electron chi connectivity index (χ1n) is 6.61. The van der Waals surface area contributed by atoms with Crippen LogP contribution in [0.1, 0.15) is 43.6 Å². The summed E-state index contributed by atoms with van der Waals surface area (Å²) in [5.41, 5.74) is 1.98. The lowest BCUT2D eigenvalue weighted by molar-refractivity contribution is 0.0458. The first kappa shape index (κ1) is 14.9. The molecule has 0 fully saturated rings. The van der Waals surface area contributed by atoms with E-state index in [0.29, 0.717) is 5.92 Å². The molecule has 100 valence electrons. The van der Waals surface area contributed by atoms with Crippen molar-refractivity contribution >= 4 is 5.78 Å². The van der Waals surface area contributed by atoms with Crippen molar-refractivity contribution < 1.29 is 9.53 Å². The Labute approximate surface area is 110 Å². The van der Waals surface area contributed by atoms with E-state index >= 15 is 0 Å². The molecule has 1 aromatic carbocycles. The van der Waals surface area contributed by atoms with Gasteiger partial charge in [-0.25, -0.2) is 0 Å². The van der Waals surface area contributed by atoms with Crippen LogP contribution in [-0.2, 0) is 11.2 Å². The molecule has 0 spiro atoms. The van der Waals surface area contributed by atoms with Crippen LogP contribution >= 0.6 is 0 Å². The minimum atomic E-state index is -0.348. The third-order valence-electron chi connectivity index (χ3n) is 2.97. The lowest BCUT2D eigenvalue weighted by atomic mass is 9.94. The second-order valence-electron chi connectivity index (χ2n) is 5.56. The van der Waals surface area contributed by atoms with E-state index in [1.807, 2.05) is 32.0 Å². The fourth-order valence-corrected chi connectivity index (χ4v) is 2.17. The zero-order valence-electron chi connectivity index (χ0n) is 12.1. The van der Waals surface area contributed by atoms with Crippen LogP contribution in [0.3, 0.4) is 0 Å². The predicted molar refractivity (Wildman–Crippen MR) is 74.9 cm³/mol. The molecule has 1 aromatic rings. The van der Waals surface area contributed by atoms with Crippen LogP contribution in [0.4, 0.5) is 0 Å². The lowest BCUT2D eigenvalue weighted by Crippen LogP contribution is -2.28. The molecular weight excluding hydrogens is 224 g/mol. The molecule has 0 aromatic heterocycles. The van der Waals surface area contributed by atoms with Crippen molar-refractivity contribution in [3.63, 3.8) is 0 Å². The van der Waals surface area contributed by atoms with Crippen LogP contribution in [0.5, 0.6) is 0 Å². The van der Waals surface area contributed by atoms with Gasteiger partial charge in [0.2, 0.25) is 0 Å². The summed E-state index contributed by atoms with van der Waals surface area (Å²) in [5.74, 6) is 0.869. The Morgan fingerprint density at radius 2 is 1.89 bits per heavy atom. The van der Waals surface area contributed by atoms with Gasteiger partial charge in [-0.1, -0.05) is 45.9 Å². The zero-order chi connectivity index (χ0) is 13.7. The van der Waals surface area contributed by atoms with Gasteiger partial charge in [-0.2, -0.15) is 0 Å². The van der Waals surface area contributed by atoms with Crippen LogP contribution in [0.2, 0.25) is 0 Å². The van der Waals surface area contributed by atoms with Gasteiger partial charge >= 0.3 is 0 Å². The Hall–Kier alpha value is -1.15. The second kappa shape index (κ2) is 6.69. The summed E-state index contributed by atoms with van der Waals surface area (Å²) in [6.45, 7) is 8.37. The van der Waals surface area contributed by atoms with Gasteiger partial charge in [-0.05, 0) is 29.9 Å². The fourth-order valence-electron chi connectivity index (χ4n) is 2.17. The molecule has 2 nitrogen and oxygen atoms in total. The summed E-state index contributed by atoms with van der Waals surface area (Å²) in [7, 11) is 1.60. The van der Waals surface area contributed by atoms with E-state index in [-0.39, 0.29) is 17.8 Å². The van der Waals surface area contributed by atoms with E-state index in [0.717, 1.165) is 12.0 Å². The second-order valence-corrected chi connectivity index (χ2v) is 5.56. The largest absolute Gasteiger partial charge is 0.373 e. The number of Topliss-reactive ketones (excluding diaryl/α,β-unsaturated/α-hetero) is 1. The van der Waals surface area contributed by atoms with E-state index in [2.05, 4.69) is 19.9 Å². The quantitative estimate of drug-likeness (QED) is 0.717. The molecule has 0 aliphatic rings. The van der Waals surface area contributed by atoms with E-state index < -0.39 is 0 Å². The van der Waals surface area contributed by atoms with Crippen molar-refractivity contribution in [1.29, 1.82) is 0 Å². The van der Waals surface area contributed by atoms with Gasteiger partial charge in [-0.15, -0.1) is 0 Å². The topological polar surface area (TPSA) is 26.3 Å². The summed E-state index contributed by atoms with van der Waals surface area (Å²) in [4.78, 5) is 12.3. The van der Waals surface area contributed by atoms with Gasteiger partial charge in [0.05, 0.1) is 0 Å². The Bertz CT molecular complexity index is 394. The van der Waals surface area contributed by atoms with E-state index in [1.165, 1.54) is 5.56 Å². The molecule has 0 bridgehead atoms. The standard InChI is InChI=1S/C16H24O2/c1-11(2)9-13-7-6-8-14(10-13)15(17)16(18-5)12(3)4/h6-8,10-12,16H,9H2,1-5H3. The average Bonchev–Trinajstić information content (AvgIpc) is 2.28. The maximum Gasteiger partial charge on any atom is 0.191 e. The first-order chi connectivity index (χ1) is 8.45. The summed E-state index contributed by atoms with van der Waals surface area (Å²) < 4.78 is 5.30. The average molecular weight is 248 g/mol. The molecule has 1 atom stereocenters. The highest BCUT2D eigenvalue weighted by Gasteiger charge is 2.22. The van der Waals surface area contributed by atoms with Crippen LogP contribution in [-0.4, -0.2) is 19.0 Å². The third kappa shape index (κ3) is 3.95. The SMILES string of the molecule is COC(C(=O)c1cccc(CC(C)C)c1)C(C)C. The maximum atomic E-state index is 12.3. The highest BCUT2D eigenvalue weighted by Crippen LogP contribution is 2.16. The Morgan fingerprint density at radius 3 is 2.39 bits per heavy atom. The monoisotopic (exact) mass is 248 g/mol. The molecule has 2 heteroatoms. The lowest BCUT2D eigenvalue weighted by Gasteiger charge is -2.18. The number of ketones is 1. The van der Waals surface area contributed by atoms with Crippen molar-refractivity contribution in [2.45, 2.75) is 40.2 Å². The molecule has 0 aliphatic carbocycles. The Kier molecular flexibility index (Phi) is 5.54. The summed E-state index contributed by atoms with van der Waals surface area (Å²) in [6.07, 6.45) is 0.653. The highest BCUT2D eigenvalue weighted by molar-refractivity contribution is 5.99. The fraction of sp³-hybridized carbons (Fsp3) is 0.562. The molecule has 18 heavy (non-hydrogen) atoms. The molecule has 0 saturated heterocycles. The summed E-state index contributed by atoms with van der Waals surface area (Å²) >= 11 is 0. The molecule has 0 radical (unpaired) electrons. The van der Waals surface area contributed by atoms with Gasteiger partial charge in [0.25, 0.3) is 0 Å². The molecular formula is C16H24O2. The summed E-state index contributed by atoms with van der Waals surface area (Å²) in [6, 6.07) is 7.91. The number of carbonyl (C=O) groups excluding carboxylic acids is 1. The number of ether oxygens (including phenoxy) is 1. The van der Waals surface area contributed by atoms with Crippen molar-refractivity contribution in [3.05, 3.63) is 35.4 Å². The third-order valence-corrected chi connectivity index (χ3v) is 2.97. The van der Waals surface area contributed by atoms with E-state index in [4.69, 9.17) is 4.74 Å².